The average Bonchev–Trinajstić information content (AvgIpc) is 2.37. The summed E-state index contributed by atoms with van der Waals surface area (Å²) in [5.74, 6) is 1.22. The van der Waals surface area contributed by atoms with Gasteiger partial charge in [-0.05, 0) is 20.8 Å². The number of methoxy groups -OCH3 is 2. The van der Waals surface area contributed by atoms with Gasteiger partial charge in [0.2, 0.25) is 0 Å². The molecule has 0 fully saturated rings. The summed E-state index contributed by atoms with van der Waals surface area (Å²) in [6, 6.07) is -0.395. The largest absolute Gasteiger partial charge is 0.496 e. The maximum atomic E-state index is 11.5. The normalized spacial score (nSPS) is 11.9. The molecule has 0 unspecified atom stereocenters. The van der Waals surface area contributed by atoms with Gasteiger partial charge in [0, 0.05) is 24.4 Å². The van der Waals surface area contributed by atoms with Crippen molar-refractivity contribution in [3.63, 3.8) is 0 Å². The predicted molar refractivity (Wildman–Crippen MR) is 70.1 cm³/mol. The molecule has 5 heteroatoms. The van der Waals surface area contributed by atoms with E-state index in [4.69, 9.17) is 9.47 Å². The second kappa shape index (κ2) is 5.71. The number of pyridine rings is 1. The first-order chi connectivity index (χ1) is 8.43. The number of nitrogens with zero attached hydrogens (tertiary/aromatic N) is 2. The standard InChI is InChI=1S/C13H20N2O3/c1-8-7-14-12(9(2)11(8)17-5)15(4)10(3)13(16)18-6/h7,10H,1-6H3/t10-/m0/s1. The lowest BCUT2D eigenvalue weighted by atomic mass is 10.1. The third kappa shape index (κ3) is 2.55. The minimum Gasteiger partial charge on any atom is -0.496 e. The zero-order valence-electron chi connectivity index (χ0n) is 11.8. The van der Waals surface area contributed by atoms with Crippen molar-refractivity contribution in [1.29, 1.82) is 0 Å². The number of aryl methyl sites for hydroxylation is 1. The van der Waals surface area contributed by atoms with Crippen LogP contribution in [0.15, 0.2) is 6.20 Å². The molecule has 0 amide bonds. The number of ether oxygens (including phenoxy) is 2. The molecule has 0 aliphatic heterocycles. The van der Waals surface area contributed by atoms with Gasteiger partial charge in [0.05, 0.1) is 14.2 Å². The summed E-state index contributed by atoms with van der Waals surface area (Å²) in [6.07, 6.45) is 1.74. The maximum Gasteiger partial charge on any atom is 0.328 e. The molecule has 1 heterocycles. The van der Waals surface area contributed by atoms with Crippen molar-refractivity contribution in [2.24, 2.45) is 0 Å². The third-order valence-electron chi connectivity index (χ3n) is 3.08. The maximum absolute atomic E-state index is 11.5. The molecule has 1 atom stereocenters. The molecule has 0 aromatic carbocycles. The van der Waals surface area contributed by atoms with E-state index >= 15 is 0 Å². The molecule has 100 valence electrons. The molecule has 0 saturated carbocycles. The van der Waals surface area contributed by atoms with Crippen molar-refractivity contribution >= 4 is 11.8 Å². The zero-order chi connectivity index (χ0) is 13.9. The van der Waals surface area contributed by atoms with E-state index in [9.17, 15) is 4.79 Å². The van der Waals surface area contributed by atoms with Crippen LogP contribution >= 0.6 is 0 Å². The summed E-state index contributed by atoms with van der Waals surface area (Å²) in [5, 5.41) is 0. The predicted octanol–water partition coefficient (Wildman–Crippen LogP) is 1.70. The molecule has 0 aliphatic carbocycles. The topological polar surface area (TPSA) is 51.7 Å². The summed E-state index contributed by atoms with van der Waals surface area (Å²) in [4.78, 5) is 17.7. The van der Waals surface area contributed by atoms with Crippen molar-refractivity contribution in [2.75, 3.05) is 26.2 Å². The van der Waals surface area contributed by atoms with Crippen LogP contribution in [-0.2, 0) is 9.53 Å². The van der Waals surface area contributed by atoms with E-state index in [0.29, 0.717) is 0 Å². The van der Waals surface area contributed by atoms with E-state index in [1.807, 2.05) is 20.9 Å². The van der Waals surface area contributed by atoms with Gasteiger partial charge in [-0.25, -0.2) is 9.78 Å². The van der Waals surface area contributed by atoms with Crippen LogP contribution in [0.5, 0.6) is 5.75 Å². The number of rotatable bonds is 4. The molecule has 0 aliphatic rings. The molecular formula is C13H20N2O3. The van der Waals surface area contributed by atoms with E-state index in [0.717, 1.165) is 22.7 Å². The van der Waals surface area contributed by atoms with Crippen LogP contribution in [0.3, 0.4) is 0 Å². The van der Waals surface area contributed by atoms with Crippen LogP contribution in [0.4, 0.5) is 5.82 Å². The summed E-state index contributed by atoms with van der Waals surface area (Å²) in [7, 11) is 4.82. The van der Waals surface area contributed by atoms with E-state index in [1.54, 1.807) is 25.1 Å². The lowest BCUT2D eigenvalue weighted by molar-refractivity contribution is -0.141. The quantitative estimate of drug-likeness (QED) is 0.763. The first-order valence-electron chi connectivity index (χ1n) is 5.74. The Morgan fingerprint density at radius 2 is 2.00 bits per heavy atom. The molecule has 0 bridgehead atoms. The number of carbonyl (C=O) groups is 1. The number of esters is 1. The Morgan fingerprint density at radius 1 is 1.39 bits per heavy atom. The monoisotopic (exact) mass is 252 g/mol. The second-order valence-corrected chi connectivity index (χ2v) is 4.23. The van der Waals surface area contributed by atoms with E-state index in [1.165, 1.54) is 7.11 Å². The van der Waals surface area contributed by atoms with Crippen LogP contribution in [-0.4, -0.2) is 38.3 Å². The minimum atomic E-state index is -0.395. The van der Waals surface area contributed by atoms with Gasteiger partial charge in [0.15, 0.2) is 0 Å². The fourth-order valence-electron chi connectivity index (χ4n) is 1.89. The van der Waals surface area contributed by atoms with Crippen LogP contribution in [0.25, 0.3) is 0 Å². The average molecular weight is 252 g/mol. The highest BCUT2D eigenvalue weighted by atomic mass is 16.5. The highest BCUT2D eigenvalue weighted by Crippen LogP contribution is 2.29. The second-order valence-electron chi connectivity index (χ2n) is 4.23. The van der Waals surface area contributed by atoms with E-state index in [2.05, 4.69) is 4.98 Å². The number of aromatic nitrogens is 1. The third-order valence-corrected chi connectivity index (χ3v) is 3.08. The molecule has 1 aromatic rings. The number of anilines is 1. The molecule has 1 aromatic heterocycles. The number of hydrogen-bond donors (Lipinski definition) is 0. The van der Waals surface area contributed by atoms with Gasteiger partial charge < -0.3 is 14.4 Å². The van der Waals surface area contributed by atoms with Crippen LogP contribution in [0.2, 0.25) is 0 Å². The van der Waals surface area contributed by atoms with E-state index in [-0.39, 0.29) is 5.97 Å². The fourth-order valence-corrected chi connectivity index (χ4v) is 1.89. The Morgan fingerprint density at radius 3 is 2.50 bits per heavy atom. The molecule has 18 heavy (non-hydrogen) atoms. The van der Waals surface area contributed by atoms with Gasteiger partial charge in [-0.1, -0.05) is 0 Å². The van der Waals surface area contributed by atoms with Crippen molar-refractivity contribution in [3.8, 4) is 5.75 Å². The summed E-state index contributed by atoms with van der Waals surface area (Å²) < 4.78 is 10.1. The Balaban J connectivity index is 3.14. The Labute approximate surface area is 108 Å². The van der Waals surface area contributed by atoms with E-state index < -0.39 is 6.04 Å². The molecule has 0 radical (unpaired) electrons. The number of hydrogen-bond acceptors (Lipinski definition) is 5. The van der Waals surface area contributed by atoms with Crippen molar-refractivity contribution in [3.05, 3.63) is 17.3 Å². The van der Waals surface area contributed by atoms with Gasteiger partial charge in [0.25, 0.3) is 0 Å². The highest BCUT2D eigenvalue weighted by molar-refractivity contribution is 5.79. The van der Waals surface area contributed by atoms with Crippen LogP contribution in [0.1, 0.15) is 18.1 Å². The summed E-state index contributed by atoms with van der Waals surface area (Å²) in [5.41, 5.74) is 1.88. The zero-order valence-corrected chi connectivity index (χ0v) is 11.8. The molecule has 5 nitrogen and oxygen atoms in total. The van der Waals surface area contributed by atoms with Gasteiger partial charge in [-0.15, -0.1) is 0 Å². The number of likely N-dealkylation sites (N-methyl/N-ethyl adjacent to an activating group) is 1. The Kier molecular flexibility index (Phi) is 4.53. The highest BCUT2D eigenvalue weighted by Gasteiger charge is 2.22. The summed E-state index contributed by atoms with van der Waals surface area (Å²) in [6.45, 7) is 5.64. The Bertz CT molecular complexity index is 446. The molecule has 0 spiro atoms. The smallest absolute Gasteiger partial charge is 0.328 e. The minimum absolute atomic E-state index is 0.293. The van der Waals surface area contributed by atoms with Gasteiger partial charge >= 0.3 is 5.97 Å². The molecule has 0 saturated heterocycles. The SMILES string of the molecule is COC(=O)[C@H](C)N(C)c1ncc(C)c(OC)c1C. The van der Waals surface area contributed by atoms with Gasteiger partial charge in [0.1, 0.15) is 17.6 Å². The fraction of sp³-hybridized carbons (Fsp3) is 0.538. The number of carbonyl (C=O) groups excluding carboxylic acids is 1. The Hall–Kier alpha value is -1.78. The summed E-state index contributed by atoms with van der Waals surface area (Å²) >= 11 is 0. The first-order valence-corrected chi connectivity index (χ1v) is 5.74. The molecule has 1 rings (SSSR count). The molecule has 0 N–H and O–H groups in total. The van der Waals surface area contributed by atoms with Crippen molar-refractivity contribution in [1.82, 2.24) is 4.98 Å². The van der Waals surface area contributed by atoms with Crippen LogP contribution in [0, 0.1) is 13.8 Å². The van der Waals surface area contributed by atoms with Crippen LogP contribution < -0.4 is 9.64 Å². The lowest BCUT2D eigenvalue weighted by Gasteiger charge is -2.26. The van der Waals surface area contributed by atoms with Gasteiger partial charge in [-0.2, -0.15) is 0 Å². The first kappa shape index (κ1) is 14.3. The molecular weight excluding hydrogens is 232 g/mol. The van der Waals surface area contributed by atoms with Crippen molar-refractivity contribution < 1.29 is 14.3 Å². The lowest BCUT2D eigenvalue weighted by Crippen LogP contribution is -2.37. The van der Waals surface area contributed by atoms with Gasteiger partial charge in [-0.3, -0.25) is 0 Å². The van der Waals surface area contributed by atoms with Crippen molar-refractivity contribution in [2.45, 2.75) is 26.8 Å².